The van der Waals surface area contributed by atoms with Crippen molar-refractivity contribution in [3.05, 3.63) is 35.7 Å². The molecule has 2 rings (SSSR count). The van der Waals surface area contributed by atoms with Crippen LogP contribution in [0.25, 0.3) is 11.5 Å². The zero-order valence-corrected chi connectivity index (χ0v) is 12.9. The molecule has 0 radical (unpaired) electrons. The van der Waals surface area contributed by atoms with Crippen LogP contribution in [0.4, 0.5) is 0 Å². The summed E-state index contributed by atoms with van der Waals surface area (Å²) in [6, 6.07) is 7.91. The number of hydrogen-bond donors (Lipinski definition) is 1. The number of amides is 1. The van der Waals surface area contributed by atoms with E-state index in [-0.39, 0.29) is 11.3 Å². The minimum Gasteiger partial charge on any atom is -0.421 e. The molecule has 21 heavy (non-hydrogen) atoms. The monoisotopic (exact) mass is 287 g/mol. The molecule has 0 saturated carbocycles. The van der Waals surface area contributed by atoms with E-state index in [1.165, 1.54) is 5.56 Å². The Morgan fingerprint density at radius 1 is 1.19 bits per heavy atom. The zero-order chi connectivity index (χ0) is 15.5. The first-order chi connectivity index (χ1) is 9.86. The first-order valence-electron chi connectivity index (χ1n) is 7.04. The lowest BCUT2D eigenvalue weighted by molar-refractivity contribution is -0.128. The molecule has 0 atom stereocenters. The molecule has 0 fully saturated rings. The van der Waals surface area contributed by atoms with Crippen LogP contribution in [0.3, 0.4) is 0 Å². The first-order valence-corrected chi connectivity index (χ1v) is 7.04. The van der Waals surface area contributed by atoms with Gasteiger partial charge in [0, 0.05) is 23.9 Å². The number of hydrogen-bond acceptors (Lipinski definition) is 4. The van der Waals surface area contributed by atoms with Gasteiger partial charge in [0.1, 0.15) is 0 Å². The maximum atomic E-state index is 11.7. The average Bonchev–Trinajstić information content (AvgIpc) is 2.87. The van der Waals surface area contributed by atoms with Crippen LogP contribution >= 0.6 is 0 Å². The molecule has 1 heterocycles. The van der Waals surface area contributed by atoms with Crippen molar-refractivity contribution in [1.82, 2.24) is 15.5 Å². The summed E-state index contributed by atoms with van der Waals surface area (Å²) in [5, 5.41) is 10.9. The van der Waals surface area contributed by atoms with Gasteiger partial charge in [0.05, 0.1) is 0 Å². The van der Waals surface area contributed by atoms with E-state index in [9.17, 15) is 4.79 Å². The Balaban J connectivity index is 1.92. The summed E-state index contributed by atoms with van der Waals surface area (Å²) in [7, 11) is 0. The number of carbonyl (C=O) groups is 1. The quantitative estimate of drug-likeness (QED) is 0.939. The normalized spacial score (nSPS) is 11.4. The lowest BCUT2D eigenvalue weighted by atomic mass is 9.96. The highest BCUT2D eigenvalue weighted by atomic mass is 16.4. The Labute approximate surface area is 124 Å². The molecule has 5 nitrogen and oxygen atoms in total. The lowest BCUT2D eigenvalue weighted by Gasteiger charge is -2.16. The summed E-state index contributed by atoms with van der Waals surface area (Å²) in [6.07, 6.45) is 0.528. The van der Waals surface area contributed by atoms with Crippen LogP contribution in [0.1, 0.15) is 32.2 Å². The third-order valence-corrected chi connectivity index (χ3v) is 3.07. The van der Waals surface area contributed by atoms with E-state index in [2.05, 4.69) is 15.5 Å². The van der Waals surface area contributed by atoms with Gasteiger partial charge in [-0.05, 0) is 19.1 Å². The molecule has 0 saturated heterocycles. The van der Waals surface area contributed by atoms with Gasteiger partial charge in [-0.3, -0.25) is 4.79 Å². The maximum Gasteiger partial charge on any atom is 0.247 e. The van der Waals surface area contributed by atoms with Crippen molar-refractivity contribution in [1.29, 1.82) is 0 Å². The maximum absolute atomic E-state index is 11.7. The van der Waals surface area contributed by atoms with Crippen LogP contribution in [0.2, 0.25) is 0 Å². The number of nitrogens with one attached hydrogen (secondary N) is 1. The Hall–Kier alpha value is -2.17. The van der Waals surface area contributed by atoms with E-state index in [1.54, 1.807) is 0 Å². The molecule has 112 valence electrons. The molecular formula is C16H21N3O2. The van der Waals surface area contributed by atoms with Crippen LogP contribution in [0, 0.1) is 12.3 Å². The van der Waals surface area contributed by atoms with Gasteiger partial charge in [0.15, 0.2) is 0 Å². The Bertz CT molecular complexity index is 609. The number of nitrogens with zero attached hydrogens (tertiary/aromatic N) is 2. The van der Waals surface area contributed by atoms with Gasteiger partial charge < -0.3 is 9.73 Å². The summed E-state index contributed by atoms with van der Waals surface area (Å²) in [5.74, 6) is 1.05. The molecule has 0 bridgehead atoms. The summed E-state index contributed by atoms with van der Waals surface area (Å²) in [5.41, 5.74) is 1.70. The van der Waals surface area contributed by atoms with Crippen molar-refractivity contribution < 1.29 is 9.21 Å². The molecule has 1 aromatic heterocycles. The fourth-order valence-corrected chi connectivity index (χ4v) is 1.72. The molecule has 1 N–H and O–H groups in total. The van der Waals surface area contributed by atoms with Crippen LogP contribution < -0.4 is 5.32 Å². The molecule has 5 heteroatoms. The van der Waals surface area contributed by atoms with E-state index in [0.717, 1.165) is 5.56 Å². The molecule has 0 aliphatic carbocycles. The number of aromatic nitrogens is 2. The van der Waals surface area contributed by atoms with Gasteiger partial charge in [0.2, 0.25) is 17.7 Å². The molecule has 0 spiro atoms. The largest absolute Gasteiger partial charge is 0.421 e. The van der Waals surface area contributed by atoms with Crippen LogP contribution in [0.15, 0.2) is 28.7 Å². The minimum atomic E-state index is -0.387. The number of carbonyl (C=O) groups excluding carboxylic acids is 1. The number of rotatable bonds is 4. The van der Waals surface area contributed by atoms with Crippen molar-refractivity contribution in [2.45, 2.75) is 34.1 Å². The van der Waals surface area contributed by atoms with Crippen molar-refractivity contribution in [3.63, 3.8) is 0 Å². The van der Waals surface area contributed by atoms with Gasteiger partial charge in [-0.15, -0.1) is 10.2 Å². The molecule has 0 aliphatic rings. The fourth-order valence-electron chi connectivity index (χ4n) is 1.72. The lowest BCUT2D eigenvalue weighted by Crippen LogP contribution is -2.35. The Morgan fingerprint density at radius 2 is 1.86 bits per heavy atom. The smallest absolute Gasteiger partial charge is 0.247 e. The van der Waals surface area contributed by atoms with Gasteiger partial charge in [-0.1, -0.05) is 38.5 Å². The fraction of sp³-hybridized carbons (Fsp3) is 0.438. The minimum absolute atomic E-state index is 0.0146. The third-order valence-electron chi connectivity index (χ3n) is 3.07. The van der Waals surface area contributed by atoms with Crippen LogP contribution in [-0.2, 0) is 11.2 Å². The molecule has 1 aromatic carbocycles. The van der Waals surface area contributed by atoms with Crippen LogP contribution in [-0.4, -0.2) is 22.6 Å². The molecule has 0 unspecified atom stereocenters. The second-order valence-electron chi connectivity index (χ2n) is 6.12. The third kappa shape index (κ3) is 4.15. The van der Waals surface area contributed by atoms with Crippen molar-refractivity contribution in [3.8, 4) is 11.5 Å². The summed E-state index contributed by atoms with van der Waals surface area (Å²) in [4.78, 5) is 11.7. The van der Waals surface area contributed by atoms with Gasteiger partial charge >= 0.3 is 0 Å². The second kappa shape index (κ2) is 6.08. The van der Waals surface area contributed by atoms with E-state index < -0.39 is 0 Å². The SMILES string of the molecule is Cc1ccc(-c2nnc(CCNC(=O)C(C)(C)C)o2)cc1. The van der Waals surface area contributed by atoms with Crippen molar-refractivity contribution >= 4 is 5.91 Å². The van der Waals surface area contributed by atoms with E-state index >= 15 is 0 Å². The first kappa shape index (κ1) is 15.2. The zero-order valence-electron chi connectivity index (χ0n) is 12.9. The molecule has 1 amide bonds. The van der Waals surface area contributed by atoms with Gasteiger partial charge in [-0.25, -0.2) is 0 Å². The van der Waals surface area contributed by atoms with Crippen LogP contribution in [0.5, 0.6) is 0 Å². The Kier molecular flexibility index (Phi) is 4.40. The molecule has 2 aromatic rings. The topological polar surface area (TPSA) is 68.0 Å². The van der Waals surface area contributed by atoms with Gasteiger partial charge in [0.25, 0.3) is 0 Å². The standard InChI is InChI=1S/C16H21N3O2/c1-11-5-7-12(8-6-11)14-19-18-13(21-14)9-10-17-15(20)16(2,3)4/h5-8H,9-10H2,1-4H3,(H,17,20). The van der Waals surface area contributed by atoms with Crippen molar-refractivity contribution in [2.75, 3.05) is 6.54 Å². The summed E-state index contributed by atoms with van der Waals surface area (Å²) >= 11 is 0. The summed E-state index contributed by atoms with van der Waals surface area (Å²) < 4.78 is 5.60. The van der Waals surface area contributed by atoms with E-state index in [0.29, 0.717) is 24.7 Å². The molecule has 0 aliphatic heterocycles. The van der Waals surface area contributed by atoms with Gasteiger partial charge in [-0.2, -0.15) is 0 Å². The van der Waals surface area contributed by atoms with E-state index in [4.69, 9.17) is 4.42 Å². The predicted octanol–water partition coefficient (Wildman–Crippen LogP) is 2.75. The number of benzene rings is 1. The highest BCUT2D eigenvalue weighted by Gasteiger charge is 2.20. The Morgan fingerprint density at radius 3 is 2.48 bits per heavy atom. The highest BCUT2D eigenvalue weighted by Crippen LogP contribution is 2.18. The predicted molar refractivity (Wildman–Crippen MR) is 80.6 cm³/mol. The van der Waals surface area contributed by atoms with Crippen molar-refractivity contribution in [2.24, 2.45) is 5.41 Å². The second-order valence-corrected chi connectivity index (χ2v) is 6.12. The summed E-state index contributed by atoms with van der Waals surface area (Å²) in [6.45, 7) is 8.16. The number of aryl methyl sites for hydroxylation is 1. The highest BCUT2D eigenvalue weighted by molar-refractivity contribution is 5.81. The van der Waals surface area contributed by atoms with E-state index in [1.807, 2.05) is 52.0 Å². The average molecular weight is 287 g/mol. The molecular weight excluding hydrogens is 266 g/mol.